The molecule has 2 heteroatoms. The van der Waals surface area contributed by atoms with Gasteiger partial charge in [0.1, 0.15) is 11.5 Å². The number of aromatic hydroxyl groups is 1. The average molecular weight is 240 g/mol. The van der Waals surface area contributed by atoms with Crippen LogP contribution < -0.4 is 0 Å². The average Bonchev–Trinajstić information content (AvgIpc) is 2.31. The predicted molar refractivity (Wildman–Crippen MR) is 72.7 cm³/mol. The molecule has 18 heavy (non-hydrogen) atoms. The number of ketones is 1. The van der Waals surface area contributed by atoms with Crippen molar-refractivity contribution in [2.45, 2.75) is 20.3 Å². The molecule has 1 N–H and O–H groups in total. The van der Waals surface area contributed by atoms with Crippen molar-refractivity contribution in [3.8, 4) is 16.9 Å². The number of phenols is 1. The summed E-state index contributed by atoms with van der Waals surface area (Å²) in [5, 5.41) is 9.92. The maximum Gasteiger partial charge on any atom is 0.134 e. The van der Waals surface area contributed by atoms with E-state index in [0.717, 1.165) is 16.7 Å². The molecule has 0 unspecified atom stereocenters. The van der Waals surface area contributed by atoms with E-state index in [1.807, 2.05) is 31.2 Å². The molecule has 0 amide bonds. The van der Waals surface area contributed by atoms with E-state index in [9.17, 15) is 9.90 Å². The van der Waals surface area contributed by atoms with Gasteiger partial charge in [0, 0.05) is 12.0 Å². The van der Waals surface area contributed by atoms with Gasteiger partial charge in [0.15, 0.2) is 0 Å². The maximum absolute atomic E-state index is 11.3. The zero-order chi connectivity index (χ0) is 13.1. The molecule has 2 nitrogen and oxygen atoms in total. The van der Waals surface area contributed by atoms with Crippen LogP contribution in [-0.4, -0.2) is 10.9 Å². The molecule has 0 saturated heterocycles. The summed E-state index contributed by atoms with van der Waals surface area (Å²) in [4.78, 5) is 11.3. The Hall–Kier alpha value is -2.09. The molecule has 0 spiro atoms. The fraction of sp³-hybridized carbons (Fsp3) is 0.188. The molecular formula is C16H16O2. The van der Waals surface area contributed by atoms with Crippen molar-refractivity contribution in [1.82, 2.24) is 0 Å². The van der Waals surface area contributed by atoms with Crippen molar-refractivity contribution in [2.24, 2.45) is 0 Å². The van der Waals surface area contributed by atoms with Crippen molar-refractivity contribution in [3.63, 3.8) is 0 Å². The van der Waals surface area contributed by atoms with Gasteiger partial charge in [0.2, 0.25) is 0 Å². The Balaban J connectivity index is 2.56. The van der Waals surface area contributed by atoms with E-state index in [4.69, 9.17) is 0 Å². The summed E-state index contributed by atoms with van der Waals surface area (Å²) in [5.41, 5.74) is 3.82. The molecule has 0 aliphatic heterocycles. The van der Waals surface area contributed by atoms with E-state index in [2.05, 4.69) is 6.07 Å². The molecule has 2 rings (SSSR count). The van der Waals surface area contributed by atoms with Gasteiger partial charge in [-0.25, -0.2) is 0 Å². The summed E-state index contributed by atoms with van der Waals surface area (Å²) < 4.78 is 0. The Morgan fingerprint density at radius 2 is 1.89 bits per heavy atom. The molecule has 0 heterocycles. The minimum atomic E-state index is 0.0467. The van der Waals surface area contributed by atoms with E-state index in [0.29, 0.717) is 5.56 Å². The third-order valence-electron chi connectivity index (χ3n) is 2.91. The lowest BCUT2D eigenvalue weighted by Crippen LogP contribution is -1.99. The van der Waals surface area contributed by atoms with Gasteiger partial charge in [-0.15, -0.1) is 0 Å². The van der Waals surface area contributed by atoms with Gasteiger partial charge in [0.05, 0.1) is 0 Å². The number of hydrogen-bond donors (Lipinski definition) is 1. The van der Waals surface area contributed by atoms with Crippen LogP contribution in [0.3, 0.4) is 0 Å². The van der Waals surface area contributed by atoms with Crippen molar-refractivity contribution in [3.05, 3.63) is 53.6 Å². The van der Waals surface area contributed by atoms with Crippen LogP contribution in [0.1, 0.15) is 18.1 Å². The molecule has 0 aliphatic carbocycles. The van der Waals surface area contributed by atoms with Crippen LogP contribution in [0.4, 0.5) is 0 Å². The minimum absolute atomic E-state index is 0.0467. The Kier molecular flexibility index (Phi) is 3.47. The smallest absolute Gasteiger partial charge is 0.134 e. The summed E-state index contributed by atoms with van der Waals surface area (Å²) in [5.74, 6) is 0.231. The Bertz CT molecular complexity index is 585. The van der Waals surface area contributed by atoms with Crippen LogP contribution in [0.25, 0.3) is 11.1 Å². The van der Waals surface area contributed by atoms with E-state index >= 15 is 0 Å². The van der Waals surface area contributed by atoms with E-state index in [-0.39, 0.29) is 18.0 Å². The fourth-order valence-corrected chi connectivity index (χ4v) is 2.09. The number of phenolic OH excluding ortho intramolecular Hbond substituents is 1. The molecule has 0 radical (unpaired) electrons. The van der Waals surface area contributed by atoms with Crippen molar-refractivity contribution in [1.29, 1.82) is 0 Å². The van der Waals surface area contributed by atoms with Gasteiger partial charge in [-0.3, -0.25) is 4.79 Å². The monoisotopic (exact) mass is 240 g/mol. The van der Waals surface area contributed by atoms with Crippen LogP contribution in [0, 0.1) is 6.92 Å². The molecule has 0 saturated carbocycles. The van der Waals surface area contributed by atoms with Gasteiger partial charge in [-0.2, -0.15) is 0 Å². The Morgan fingerprint density at radius 1 is 1.17 bits per heavy atom. The summed E-state index contributed by atoms with van der Waals surface area (Å²) in [6, 6.07) is 13.4. The minimum Gasteiger partial charge on any atom is -0.508 e. The first-order valence-corrected chi connectivity index (χ1v) is 5.95. The first-order valence-electron chi connectivity index (χ1n) is 5.95. The Morgan fingerprint density at radius 3 is 2.56 bits per heavy atom. The highest BCUT2D eigenvalue weighted by Crippen LogP contribution is 2.30. The maximum atomic E-state index is 11.3. The van der Waals surface area contributed by atoms with Gasteiger partial charge >= 0.3 is 0 Å². The summed E-state index contributed by atoms with van der Waals surface area (Å²) in [6.45, 7) is 3.56. The van der Waals surface area contributed by atoms with Gasteiger partial charge in [0.25, 0.3) is 0 Å². The quantitative estimate of drug-likeness (QED) is 0.891. The predicted octanol–water partition coefficient (Wildman–Crippen LogP) is 3.50. The largest absolute Gasteiger partial charge is 0.508 e. The van der Waals surface area contributed by atoms with E-state index in [1.54, 1.807) is 12.1 Å². The highest BCUT2D eigenvalue weighted by molar-refractivity contribution is 5.83. The van der Waals surface area contributed by atoms with Crippen LogP contribution >= 0.6 is 0 Å². The summed E-state index contributed by atoms with van der Waals surface area (Å²) in [6.07, 6.45) is 0.260. The highest BCUT2D eigenvalue weighted by atomic mass is 16.3. The number of benzene rings is 2. The molecule has 0 aliphatic rings. The fourth-order valence-electron chi connectivity index (χ4n) is 2.09. The van der Waals surface area contributed by atoms with E-state index in [1.165, 1.54) is 6.92 Å². The summed E-state index contributed by atoms with van der Waals surface area (Å²) in [7, 11) is 0. The zero-order valence-electron chi connectivity index (χ0n) is 10.6. The standard InChI is InChI=1S/C16H16O2/c1-11-5-3-6-13(9-11)14-7-4-8-16(18)15(14)10-12(2)17/h3-9,18H,10H2,1-2H3. The van der Waals surface area contributed by atoms with Crippen LogP contribution in [0.15, 0.2) is 42.5 Å². The number of Topliss-reactive ketones (excluding diaryl/α,β-unsaturated/α-hetero) is 1. The lowest BCUT2D eigenvalue weighted by atomic mass is 9.95. The van der Waals surface area contributed by atoms with Crippen molar-refractivity contribution in [2.75, 3.05) is 0 Å². The number of carbonyl (C=O) groups excluding carboxylic acids is 1. The van der Waals surface area contributed by atoms with Crippen molar-refractivity contribution >= 4 is 5.78 Å². The molecular weight excluding hydrogens is 224 g/mol. The third-order valence-corrected chi connectivity index (χ3v) is 2.91. The molecule has 2 aromatic rings. The number of hydrogen-bond acceptors (Lipinski definition) is 2. The number of carbonyl (C=O) groups is 1. The molecule has 0 atom stereocenters. The second-order valence-corrected chi connectivity index (χ2v) is 4.55. The molecule has 0 fully saturated rings. The zero-order valence-corrected chi connectivity index (χ0v) is 10.6. The third kappa shape index (κ3) is 2.59. The lowest BCUT2D eigenvalue weighted by Gasteiger charge is -2.11. The number of rotatable bonds is 3. The van der Waals surface area contributed by atoms with Gasteiger partial charge in [-0.1, -0.05) is 42.0 Å². The lowest BCUT2D eigenvalue weighted by molar-refractivity contribution is -0.116. The van der Waals surface area contributed by atoms with E-state index < -0.39 is 0 Å². The SMILES string of the molecule is CC(=O)Cc1c(O)cccc1-c1cccc(C)c1. The van der Waals surface area contributed by atoms with Gasteiger partial charge < -0.3 is 5.11 Å². The van der Waals surface area contributed by atoms with Crippen LogP contribution in [0.5, 0.6) is 5.75 Å². The highest BCUT2D eigenvalue weighted by Gasteiger charge is 2.11. The van der Waals surface area contributed by atoms with Crippen LogP contribution in [0.2, 0.25) is 0 Å². The normalized spacial score (nSPS) is 10.3. The molecule has 92 valence electrons. The second kappa shape index (κ2) is 5.05. The molecule has 0 aromatic heterocycles. The Labute approximate surface area is 107 Å². The first-order chi connectivity index (χ1) is 8.58. The van der Waals surface area contributed by atoms with Crippen LogP contribution in [-0.2, 0) is 11.2 Å². The number of aryl methyl sites for hydroxylation is 1. The molecule has 0 bridgehead atoms. The topological polar surface area (TPSA) is 37.3 Å². The first kappa shape index (κ1) is 12.4. The summed E-state index contributed by atoms with van der Waals surface area (Å²) >= 11 is 0. The van der Waals surface area contributed by atoms with Gasteiger partial charge in [-0.05, 0) is 31.0 Å². The second-order valence-electron chi connectivity index (χ2n) is 4.55. The van der Waals surface area contributed by atoms with Crippen molar-refractivity contribution < 1.29 is 9.90 Å². The molecule has 2 aromatic carbocycles.